The van der Waals surface area contributed by atoms with Crippen LogP contribution in [0.4, 0.5) is 0 Å². The Balaban J connectivity index is 1.56. The van der Waals surface area contributed by atoms with Gasteiger partial charge in [-0.05, 0) is 60.6 Å². The van der Waals surface area contributed by atoms with Crippen LogP contribution in [0.5, 0.6) is 5.75 Å². The lowest BCUT2D eigenvalue weighted by atomic mass is 9.74. The van der Waals surface area contributed by atoms with E-state index in [2.05, 4.69) is 43.5 Å². The fraction of sp³-hybridized carbons (Fsp3) is 0.481. The first-order valence-corrected chi connectivity index (χ1v) is 11.7. The van der Waals surface area contributed by atoms with Crippen LogP contribution in [0.2, 0.25) is 0 Å². The van der Waals surface area contributed by atoms with E-state index >= 15 is 0 Å². The molecule has 0 aromatic heterocycles. The molecule has 1 saturated heterocycles. The van der Waals surface area contributed by atoms with Crippen molar-refractivity contribution in [2.75, 3.05) is 32.9 Å². The van der Waals surface area contributed by atoms with Gasteiger partial charge in [-0.2, -0.15) is 0 Å². The Labute approximate surface area is 197 Å². The lowest BCUT2D eigenvalue weighted by Gasteiger charge is -2.38. The molecule has 1 aliphatic rings. The van der Waals surface area contributed by atoms with Gasteiger partial charge >= 0.3 is 0 Å². The maximum Gasteiger partial charge on any atom is 0.251 e. The van der Waals surface area contributed by atoms with Crippen molar-refractivity contribution in [3.8, 4) is 5.75 Å². The molecule has 0 saturated carbocycles. The van der Waals surface area contributed by atoms with Crippen LogP contribution in [-0.2, 0) is 20.4 Å². The minimum absolute atomic E-state index is 0.0261. The standard InChI is InChI=1S/C27H36N2O4/c1-5-33-23-12-10-22(11-13-23)27(14-16-32-17-15-27)19-29-24(30)18-28-25(31)20-6-8-21(9-7-20)26(2,3)4/h6-13H,5,14-19H2,1-4H3,(H,28,31)(H,29,30). The molecule has 6 nitrogen and oxygen atoms in total. The average molecular weight is 453 g/mol. The first-order chi connectivity index (χ1) is 15.7. The first-order valence-electron chi connectivity index (χ1n) is 11.7. The Morgan fingerprint density at radius 2 is 1.61 bits per heavy atom. The van der Waals surface area contributed by atoms with Gasteiger partial charge in [0.2, 0.25) is 5.91 Å². The smallest absolute Gasteiger partial charge is 0.251 e. The van der Waals surface area contributed by atoms with Crippen molar-refractivity contribution in [1.82, 2.24) is 10.6 Å². The topological polar surface area (TPSA) is 76.7 Å². The predicted molar refractivity (Wildman–Crippen MR) is 130 cm³/mol. The Kier molecular flexibility index (Phi) is 8.14. The summed E-state index contributed by atoms with van der Waals surface area (Å²) in [5.74, 6) is 0.384. The molecule has 0 spiro atoms. The van der Waals surface area contributed by atoms with Gasteiger partial charge in [0.25, 0.3) is 5.91 Å². The largest absolute Gasteiger partial charge is 0.494 e. The van der Waals surface area contributed by atoms with E-state index in [-0.39, 0.29) is 29.2 Å². The molecule has 0 aliphatic carbocycles. The number of carbonyl (C=O) groups is 2. The third-order valence-corrected chi connectivity index (χ3v) is 6.27. The monoisotopic (exact) mass is 452 g/mol. The zero-order valence-electron chi connectivity index (χ0n) is 20.2. The summed E-state index contributed by atoms with van der Waals surface area (Å²) in [5.41, 5.74) is 2.71. The van der Waals surface area contributed by atoms with Gasteiger partial charge in [-0.25, -0.2) is 0 Å². The number of ether oxygens (including phenoxy) is 2. The summed E-state index contributed by atoms with van der Waals surface area (Å²) in [4.78, 5) is 25.0. The van der Waals surface area contributed by atoms with Crippen LogP contribution in [0.25, 0.3) is 0 Å². The van der Waals surface area contributed by atoms with Crippen LogP contribution in [0, 0.1) is 0 Å². The van der Waals surface area contributed by atoms with Crippen LogP contribution in [0.15, 0.2) is 48.5 Å². The summed E-state index contributed by atoms with van der Waals surface area (Å²) < 4.78 is 11.1. The average Bonchev–Trinajstić information content (AvgIpc) is 2.82. The summed E-state index contributed by atoms with van der Waals surface area (Å²) in [6.07, 6.45) is 1.65. The molecule has 33 heavy (non-hydrogen) atoms. The highest BCUT2D eigenvalue weighted by atomic mass is 16.5. The second-order valence-corrected chi connectivity index (χ2v) is 9.64. The van der Waals surface area contributed by atoms with Crippen molar-refractivity contribution in [3.05, 3.63) is 65.2 Å². The van der Waals surface area contributed by atoms with E-state index in [0.29, 0.717) is 31.9 Å². The quantitative estimate of drug-likeness (QED) is 0.635. The molecular formula is C27H36N2O4. The van der Waals surface area contributed by atoms with Gasteiger partial charge in [-0.15, -0.1) is 0 Å². The second-order valence-electron chi connectivity index (χ2n) is 9.64. The molecule has 2 N–H and O–H groups in total. The molecule has 2 aromatic rings. The number of rotatable bonds is 8. The van der Waals surface area contributed by atoms with Crippen molar-refractivity contribution in [3.63, 3.8) is 0 Å². The van der Waals surface area contributed by atoms with Gasteiger partial charge in [-0.3, -0.25) is 9.59 Å². The molecule has 6 heteroatoms. The molecule has 0 unspecified atom stereocenters. The number of nitrogens with one attached hydrogen (secondary N) is 2. The van der Waals surface area contributed by atoms with Crippen molar-refractivity contribution in [2.24, 2.45) is 0 Å². The lowest BCUT2D eigenvalue weighted by Crippen LogP contribution is -2.47. The minimum atomic E-state index is -0.252. The van der Waals surface area contributed by atoms with Crippen LogP contribution in [0.1, 0.15) is 62.0 Å². The lowest BCUT2D eigenvalue weighted by molar-refractivity contribution is -0.120. The fourth-order valence-corrected chi connectivity index (χ4v) is 4.12. The van der Waals surface area contributed by atoms with Gasteiger partial charge in [0.15, 0.2) is 0 Å². The summed E-state index contributed by atoms with van der Waals surface area (Å²) in [6, 6.07) is 15.6. The van der Waals surface area contributed by atoms with Crippen molar-refractivity contribution in [2.45, 2.75) is 51.4 Å². The molecule has 1 aliphatic heterocycles. The van der Waals surface area contributed by atoms with E-state index < -0.39 is 0 Å². The highest BCUT2D eigenvalue weighted by Crippen LogP contribution is 2.35. The maximum atomic E-state index is 12.5. The summed E-state index contributed by atoms with van der Waals surface area (Å²) >= 11 is 0. The number of benzene rings is 2. The normalized spacial score (nSPS) is 15.5. The van der Waals surface area contributed by atoms with Gasteiger partial charge in [0.05, 0.1) is 13.2 Å². The van der Waals surface area contributed by atoms with Crippen molar-refractivity contribution >= 4 is 11.8 Å². The Morgan fingerprint density at radius 3 is 2.18 bits per heavy atom. The minimum Gasteiger partial charge on any atom is -0.494 e. The molecule has 0 radical (unpaired) electrons. The third-order valence-electron chi connectivity index (χ3n) is 6.27. The number of hydrogen-bond acceptors (Lipinski definition) is 4. The predicted octanol–water partition coefficient (Wildman–Crippen LogP) is 3.98. The fourth-order valence-electron chi connectivity index (χ4n) is 4.12. The highest BCUT2D eigenvalue weighted by molar-refractivity contribution is 5.96. The SMILES string of the molecule is CCOc1ccc(C2(CNC(=O)CNC(=O)c3ccc(C(C)(C)C)cc3)CCOCC2)cc1. The van der Waals surface area contributed by atoms with Crippen molar-refractivity contribution < 1.29 is 19.1 Å². The Bertz CT molecular complexity index is 924. The molecule has 1 fully saturated rings. The van der Waals surface area contributed by atoms with Gasteiger partial charge in [0.1, 0.15) is 5.75 Å². The van der Waals surface area contributed by atoms with Crippen LogP contribution >= 0.6 is 0 Å². The highest BCUT2D eigenvalue weighted by Gasteiger charge is 2.35. The number of carbonyl (C=O) groups excluding carboxylic acids is 2. The molecule has 2 amide bonds. The van der Waals surface area contributed by atoms with E-state index in [1.165, 1.54) is 0 Å². The molecule has 178 valence electrons. The van der Waals surface area contributed by atoms with Gasteiger partial charge in [0, 0.05) is 30.7 Å². The molecule has 3 rings (SSSR count). The summed E-state index contributed by atoms with van der Waals surface area (Å²) in [7, 11) is 0. The Hall–Kier alpha value is -2.86. The summed E-state index contributed by atoms with van der Waals surface area (Å²) in [5, 5.41) is 5.75. The second kappa shape index (κ2) is 10.8. The molecule has 1 heterocycles. The Morgan fingerprint density at radius 1 is 0.970 bits per heavy atom. The number of amides is 2. The van der Waals surface area contributed by atoms with E-state index in [4.69, 9.17) is 9.47 Å². The molecule has 0 bridgehead atoms. The van der Waals surface area contributed by atoms with E-state index in [0.717, 1.165) is 29.7 Å². The van der Waals surface area contributed by atoms with E-state index in [1.54, 1.807) is 12.1 Å². The van der Waals surface area contributed by atoms with E-state index in [9.17, 15) is 9.59 Å². The zero-order valence-corrected chi connectivity index (χ0v) is 20.2. The summed E-state index contributed by atoms with van der Waals surface area (Å²) in [6.45, 7) is 10.7. The van der Waals surface area contributed by atoms with Crippen molar-refractivity contribution in [1.29, 1.82) is 0 Å². The van der Waals surface area contributed by atoms with Crippen LogP contribution in [-0.4, -0.2) is 44.7 Å². The van der Waals surface area contributed by atoms with Crippen LogP contribution < -0.4 is 15.4 Å². The third kappa shape index (κ3) is 6.57. The number of hydrogen-bond donors (Lipinski definition) is 2. The first kappa shape index (κ1) is 24.8. The van der Waals surface area contributed by atoms with Gasteiger partial charge < -0.3 is 20.1 Å². The molecular weight excluding hydrogens is 416 g/mol. The molecule has 0 atom stereocenters. The zero-order chi connectivity index (χ0) is 23.9. The maximum absolute atomic E-state index is 12.5. The van der Waals surface area contributed by atoms with Gasteiger partial charge in [-0.1, -0.05) is 45.0 Å². The molecule has 2 aromatic carbocycles. The van der Waals surface area contributed by atoms with Crippen LogP contribution in [0.3, 0.4) is 0 Å². The van der Waals surface area contributed by atoms with E-state index in [1.807, 2.05) is 31.2 Å².